The van der Waals surface area contributed by atoms with Gasteiger partial charge in [-0.1, -0.05) is 17.4 Å². The fourth-order valence-corrected chi connectivity index (χ4v) is 4.88. The molecule has 0 unspecified atom stereocenters. The van der Waals surface area contributed by atoms with Crippen LogP contribution < -0.4 is 5.32 Å². The van der Waals surface area contributed by atoms with Gasteiger partial charge in [0.05, 0.1) is 16.5 Å². The molecule has 8 heteroatoms. The molecule has 1 aliphatic rings. The Balaban J connectivity index is 1.69. The van der Waals surface area contributed by atoms with E-state index in [1.54, 1.807) is 0 Å². The Hall–Kier alpha value is -1.51. The summed E-state index contributed by atoms with van der Waals surface area (Å²) < 4.78 is 25.6. The van der Waals surface area contributed by atoms with E-state index in [0.717, 1.165) is 21.3 Å². The molecular weight excluding hydrogens is 346 g/mol. The van der Waals surface area contributed by atoms with Gasteiger partial charge in [0.15, 0.2) is 5.13 Å². The second-order valence-corrected chi connectivity index (χ2v) is 9.36. The molecule has 0 atom stereocenters. The molecule has 0 radical (unpaired) electrons. The number of nitrogens with zero attached hydrogens (tertiary/aromatic N) is 2. The van der Waals surface area contributed by atoms with Crippen molar-refractivity contribution < 1.29 is 13.2 Å². The van der Waals surface area contributed by atoms with Crippen LogP contribution in [0.1, 0.15) is 24.0 Å². The van der Waals surface area contributed by atoms with Gasteiger partial charge in [-0.05, 0) is 43.9 Å². The second-order valence-electron chi connectivity index (χ2n) is 6.37. The number of carbonyl (C=O) groups is 1. The van der Waals surface area contributed by atoms with E-state index in [-0.39, 0.29) is 11.8 Å². The summed E-state index contributed by atoms with van der Waals surface area (Å²) >= 11 is 1.48. The smallest absolute Gasteiger partial charge is 0.229 e. The zero-order valence-electron chi connectivity index (χ0n) is 14.0. The second kappa shape index (κ2) is 6.42. The molecule has 1 aromatic carbocycles. The maximum Gasteiger partial charge on any atom is 0.229 e. The first-order valence-electron chi connectivity index (χ1n) is 7.88. The quantitative estimate of drug-likeness (QED) is 0.904. The Labute approximate surface area is 145 Å². The first-order valence-corrected chi connectivity index (χ1v) is 10.5. The average molecular weight is 367 g/mol. The van der Waals surface area contributed by atoms with Crippen molar-refractivity contribution in [1.82, 2.24) is 9.29 Å². The topological polar surface area (TPSA) is 79.4 Å². The molecule has 0 bridgehead atoms. The molecular formula is C16H21N3O3S2. The average Bonchev–Trinajstić information content (AvgIpc) is 2.89. The molecule has 0 aliphatic carbocycles. The minimum absolute atomic E-state index is 0.0726. The van der Waals surface area contributed by atoms with Crippen LogP contribution in [0, 0.1) is 19.8 Å². The van der Waals surface area contributed by atoms with Crippen LogP contribution in [0.2, 0.25) is 0 Å². The molecule has 24 heavy (non-hydrogen) atoms. The van der Waals surface area contributed by atoms with Gasteiger partial charge in [0.25, 0.3) is 0 Å². The number of thiazole rings is 1. The standard InChI is InChI=1S/C16H21N3O3S2/c1-10-8-11(2)14-13(9-10)17-16(23-14)18-15(20)12-4-6-19(7-5-12)24(3,21)22/h8-9,12H,4-7H2,1-3H3,(H,17,18,20). The van der Waals surface area contributed by atoms with E-state index in [1.807, 2.05) is 19.9 Å². The van der Waals surface area contributed by atoms with Gasteiger partial charge in [0, 0.05) is 19.0 Å². The van der Waals surface area contributed by atoms with Gasteiger partial charge in [-0.2, -0.15) is 0 Å². The summed E-state index contributed by atoms with van der Waals surface area (Å²) in [7, 11) is -3.17. The van der Waals surface area contributed by atoms with Gasteiger partial charge in [-0.3, -0.25) is 4.79 Å². The molecule has 2 aromatic rings. The predicted octanol–water partition coefficient (Wildman–Crippen LogP) is 2.52. The molecule has 1 N–H and O–H groups in total. The SMILES string of the molecule is Cc1cc(C)c2sc(NC(=O)C3CCN(S(C)(=O)=O)CC3)nc2c1. The van der Waals surface area contributed by atoms with E-state index >= 15 is 0 Å². The summed E-state index contributed by atoms with van der Waals surface area (Å²) in [6.07, 6.45) is 2.29. The number of hydrogen-bond donors (Lipinski definition) is 1. The maximum atomic E-state index is 12.4. The van der Waals surface area contributed by atoms with Crippen LogP contribution in [0.4, 0.5) is 5.13 Å². The lowest BCUT2D eigenvalue weighted by molar-refractivity contribution is -0.120. The Bertz CT molecular complexity index is 881. The first-order chi connectivity index (χ1) is 11.2. The first kappa shape index (κ1) is 17.3. The fraction of sp³-hybridized carbons (Fsp3) is 0.500. The van der Waals surface area contributed by atoms with Crippen molar-refractivity contribution in [3.05, 3.63) is 23.3 Å². The molecule has 1 amide bonds. The van der Waals surface area contributed by atoms with Crippen molar-refractivity contribution in [2.75, 3.05) is 24.7 Å². The Morgan fingerprint density at radius 2 is 1.96 bits per heavy atom. The largest absolute Gasteiger partial charge is 0.302 e. The van der Waals surface area contributed by atoms with Gasteiger partial charge in [-0.15, -0.1) is 0 Å². The molecule has 6 nitrogen and oxygen atoms in total. The number of anilines is 1. The predicted molar refractivity (Wildman–Crippen MR) is 96.9 cm³/mol. The van der Waals surface area contributed by atoms with Crippen molar-refractivity contribution in [3.8, 4) is 0 Å². The Kier molecular flexibility index (Phi) is 4.63. The van der Waals surface area contributed by atoms with Crippen LogP contribution in [0.25, 0.3) is 10.2 Å². The highest BCUT2D eigenvalue weighted by Crippen LogP contribution is 2.30. The van der Waals surface area contributed by atoms with Gasteiger partial charge >= 0.3 is 0 Å². The lowest BCUT2D eigenvalue weighted by atomic mass is 9.97. The normalized spacial score (nSPS) is 17.3. The number of piperidine rings is 1. The summed E-state index contributed by atoms with van der Waals surface area (Å²) in [4.78, 5) is 16.9. The minimum Gasteiger partial charge on any atom is -0.302 e. The van der Waals surface area contributed by atoms with Crippen molar-refractivity contribution in [2.45, 2.75) is 26.7 Å². The summed E-state index contributed by atoms with van der Waals surface area (Å²) in [5, 5.41) is 3.51. The van der Waals surface area contributed by atoms with Crippen molar-refractivity contribution >= 4 is 42.6 Å². The number of rotatable bonds is 3. The van der Waals surface area contributed by atoms with Crippen LogP contribution in [-0.4, -0.2) is 43.0 Å². The number of nitrogens with one attached hydrogen (secondary N) is 1. The lowest BCUT2D eigenvalue weighted by Gasteiger charge is -2.29. The highest BCUT2D eigenvalue weighted by atomic mass is 32.2. The third-order valence-corrected chi connectivity index (χ3v) is 6.77. The molecule has 0 spiro atoms. The minimum atomic E-state index is -3.17. The monoisotopic (exact) mass is 367 g/mol. The molecule has 2 heterocycles. The lowest BCUT2D eigenvalue weighted by Crippen LogP contribution is -2.40. The highest BCUT2D eigenvalue weighted by molar-refractivity contribution is 7.88. The number of hydrogen-bond acceptors (Lipinski definition) is 5. The molecule has 3 rings (SSSR count). The van der Waals surface area contributed by atoms with E-state index in [4.69, 9.17) is 0 Å². The van der Waals surface area contributed by atoms with E-state index in [2.05, 4.69) is 16.4 Å². The Morgan fingerprint density at radius 3 is 2.58 bits per heavy atom. The summed E-state index contributed by atoms with van der Waals surface area (Å²) in [6, 6.07) is 4.12. The number of aryl methyl sites for hydroxylation is 2. The number of sulfonamides is 1. The van der Waals surface area contributed by atoms with E-state index in [0.29, 0.717) is 31.1 Å². The van der Waals surface area contributed by atoms with Crippen LogP contribution in [0.5, 0.6) is 0 Å². The number of fused-ring (bicyclic) bond motifs is 1. The van der Waals surface area contributed by atoms with Gasteiger partial charge < -0.3 is 5.32 Å². The van der Waals surface area contributed by atoms with E-state index in [9.17, 15) is 13.2 Å². The third-order valence-electron chi connectivity index (χ3n) is 4.34. The summed E-state index contributed by atoms with van der Waals surface area (Å²) in [5.74, 6) is -0.241. The number of amides is 1. The summed E-state index contributed by atoms with van der Waals surface area (Å²) in [5.41, 5.74) is 3.21. The molecule has 0 saturated carbocycles. The molecule has 1 fully saturated rings. The molecule has 130 valence electrons. The van der Waals surface area contributed by atoms with Crippen LogP contribution in [0.3, 0.4) is 0 Å². The maximum absolute atomic E-state index is 12.4. The zero-order chi connectivity index (χ0) is 17.5. The number of carbonyl (C=O) groups excluding carboxylic acids is 1. The van der Waals surface area contributed by atoms with Gasteiger partial charge in [0.2, 0.25) is 15.9 Å². The fourth-order valence-electron chi connectivity index (χ4n) is 3.09. The zero-order valence-corrected chi connectivity index (χ0v) is 15.6. The van der Waals surface area contributed by atoms with Gasteiger partial charge in [0.1, 0.15) is 0 Å². The van der Waals surface area contributed by atoms with Crippen LogP contribution >= 0.6 is 11.3 Å². The van der Waals surface area contributed by atoms with E-state index < -0.39 is 10.0 Å². The Morgan fingerprint density at radius 1 is 1.29 bits per heavy atom. The van der Waals surface area contributed by atoms with Crippen LogP contribution in [-0.2, 0) is 14.8 Å². The highest BCUT2D eigenvalue weighted by Gasteiger charge is 2.29. The number of benzene rings is 1. The molecule has 1 aromatic heterocycles. The molecule has 1 aliphatic heterocycles. The van der Waals surface area contributed by atoms with Crippen LogP contribution in [0.15, 0.2) is 12.1 Å². The van der Waals surface area contributed by atoms with Crippen molar-refractivity contribution in [3.63, 3.8) is 0 Å². The summed E-state index contributed by atoms with van der Waals surface area (Å²) in [6.45, 7) is 4.86. The van der Waals surface area contributed by atoms with Gasteiger partial charge in [-0.25, -0.2) is 17.7 Å². The van der Waals surface area contributed by atoms with E-state index in [1.165, 1.54) is 21.9 Å². The van der Waals surface area contributed by atoms with Crippen molar-refractivity contribution in [2.24, 2.45) is 5.92 Å². The van der Waals surface area contributed by atoms with Crippen molar-refractivity contribution in [1.29, 1.82) is 0 Å². The molecule has 1 saturated heterocycles. The number of aromatic nitrogens is 1. The third kappa shape index (κ3) is 3.60.